The van der Waals surface area contributed by atoms with Crippen LogP contribution in [0.15, 0.2) is 78.4 Å². The Balaban J connectivity index is 1.53. The van der Waals surface area contributed by atoms with Crippen LogP contribution in [-0.4, -0.2) is 31.9 Å². The lowest BCUT2D eigenvalue weighted by molar-refractivity contribution is -0.384. The van der Waals surface area contributed by atoms with Gasteiger partial charge in [0.1, 0.15) is 23.1 Å². The van der Waals surface area contributed by atoms with Gasteiger partial charge in [0.2, 0.25) is 5.13 Å². The van der Waals surface area contributed by atoms with Gasteiger partial charge in [-0.15, -0.1) is 10.2 Å². The normalized spacial score (nSPS) is 16.5. The van der Waals surface area contributed by atoms with E-state index in [1.165, 1.54) is 18.2 Å². The Labute approximate surface area is 227 Å². The summed E-state index contributed by atoms with van der Waals surface area (Å²) in [7, 11) is 0. The van der Waals surface area contributed by atoms with E-state index in [2.05, 4.69) is 10.2 Å². The number of carbonyl (C=O) groups is 2. The molecule has 0 saturated carbocycles. The van der Waals surface area contributed by atoms with Crippen molar-refractivity contribution in [2.45, 2.75) is 26.5 Å². The van der Waals surface area contributed by atoms with Crippen LogP contribution in [0, 0.1) is 24.0 Å². The fourth-order valence-corrected chi connectivity index (χ4v) is 5.08. The summed E-state index contributed by atoms with van der Waals surface area (Å²) < 4.78 is 5.84. The van der Waals surface area contributed by atoms with Crippen LogP contribution in [0.1, 0.15) is 33.3 Å². The summed E-state index contributed by atoms with van der Waals surface area (Å²) in [6, 6.07) is 18.8. The number of aryl methyl sites for hydroxylation is 2. The van der Waals surface area contributed by atoms with Gasteiger partial charge in [-0.05, 0) is 49.2 Å². The molecule has 1 atom stereocenters. The smallest absolute Gasteiger partial charge is 0.301 e. The lowest BCUT2D eigenvalue weighted by atomic mass is 9.95. The van der Waals surface area contributed by atoms with Gasteiger partial charge in [0.15, 0.2) is 0 Å². The first kappa shape index (κ1) is 25.7. The zero-order chi connectivity index (χ0) is 27.7. The van der Waals surface area contributed by atoms with Gasteiger partial charge in [0.05, 0.1) is 16.5 Å². The maximum absolute atomic E-state index is 13.3. The number of hydrogen-bond acceptors (Lipinski definition) is 9. The van der Waals surface area contributed by atoms with Crippen molar-refractivity contribution in [1.29, 1.82) is 0 Å². The molecule has 0 radical (unpaired) electrons. The molecule has 1 amide bonds. The van der Waals surface area contributed by atoms with Gasteiger partial charge in [0.25, 0.3) is 11.5 Å². The minimum absolute atomic E-state index is 0.144. The molecule has 10 nitrogen and oxygen atoms in total. The molecule has 1 N–H and O–H groups in total. The number of carbonyl (C=O) groups excluding carboxylic acids is 2. The third kappa shape index (κ3) is 5.12. The zero-order valence-corrected chi connectivity index (χ0v) is 21.7. The average molecular weight is 543 g/mol. The maximum atomic E-state index is 13.3. The van der Waals surface area contributed by atoms with Crippen molar-refractivity contribution >= 4 is 39.6 Å². The number of ether oxygens (including phenoxy) is 1. The molecule has 4 aromatic rings. The molecule has 11 heteroatoms. The van der Waals surface area contributed by atoms with Crippen LogP contribution >= 0.6 is 11.3 Å². The lowest BCUT2D eigenvalue weighted by Crippen LogP contribution is -2.29. The summed E-state index contributed by atoms with van der Waals surface area (Å²) in [6.07, 6.45) is 0. The standard InChI is InChI=1S/C28H22N4O6S/c1-16-5-3-6-18(13-16)15-38-22-11-9-19(10-12-22)25(33)23-24(20-7-4-8-21(14-20)32(36)37)31(27(35)26(23)34)28-30-29-17(2)39-28/h3-14,24,33H,15H2,1-2H3/t24-/m1/s1. The number of aliphatic hydroxyl groups excluding tert-OH is 1. The van der Waals surface area contributed by atoms with Crippen LogP contribution in [0.5, 0.6) is 5.75 Å². The second-order valence-corrected chi connectivity index (χ2v) is 10.1. The van der Waals surface area contributed by atoms with Crippen LogP contribution < -0.4 is 9.64 Å². The van der Waals surface area contributed by atoms with Crippen LogP contribution in [0.3, 0.4) is 0 Å². The van der Waals surface area contributed by atoms with E-state index in [1.54, 1.807) is 37.3 Å². The molecule has 2 heterocycles. The van der Waals surface area contributed by atoms with E-state index in [4.69, 9.17) is 4.74 Å². The van der Waals surface area contributed by atoms with Gasteiger partial charge < -0.3 is 9.84 Å². The number of non-ortho nitro benzene ring substituents is 1. The Hall–Kier alpha value is -4.90. The quantitative estimate of drug-likeness (QED) is 0.110. The minimum atomic E-state index is -1.14. The van der Waals surface area contributed by atoms with Crippen molar-refractivity contribution in [2.75, 3.05) is 4.90 Å². The highest BCUT2D eigenvalue weighted by molar-refractivity contribution is 7.15. The number of hydrogen-bond donors (Lipinski definition) is 1. The number of aliphatic hydroxyl groups is 1. The van der Waals surface area contributed by atoms with E-state index in [0.29, 0.717) is 17.4 Å². The third-order valence-electron chi connectivity index (χ3n) is 6.18. The fraction of sp³-hybridized carbons (Fsp3) is 0.143. The molecule has 5 rings (SSSR count). The number of benzene rings is 3. The number of aromatic nitrogens is 2. The van der Waals surface area contributed by atoms with Crippen molar-refractivity contribution < 1.29 is 24.4 Å². The number of nitro groups is 1. The van der Waals surface area contributed by atoms with Crippen LogP contribution in [0.2, 0.25) is 0 Å². The van der Waals surface area contributed by atoms with Gasteiger partial charge in [-0.3, -0.25) is 24.6 Å². The van der Waals surface area contributed by atoms with Crippen LogP contribution in [0.4, 0.5) is 10.8 Å². The molecule has 1 aliphatic heterocycles. The predicted molar refractivity (Wildman–Crippen MR) is 144 cm³/mol. The average Bonchev–Trinajstić information content (AvgIpc) is 3.47. The summed E-state index contributed by atoms with van der Waals surface area (Å²) >= 11 is 1.09. The van der Waals surface area contributed by atoms with Crippen molar-refractivity contribution in [3.05, 3.63) is 116 Å². The van der Waals surface area contributed by atoms with Gasteiger partial charge in [0, 0.05) is 17.7 Å². The first-order valence-electron chi connectivity index (χ1n) is 11.9. The second-order valence-electron chi connectivity index (χ2n) is 8.93. The Morgan fingerprint density at radius 3 is 2.46 bits per heavy atom. The summed E-state index contributed by atoms with van der Waals surface area (Å²) in [5.74, 6) is -1.72. The molecule has 0 unspecified atom stereocenters. The Kier molecular flexibility index (Phi) is 6.90. The topological polar surface area (TPSA) is 136 Å². The SMILES string of the molecule is Cc1cccc(COc2ccc(C(O)=C3C(=O)C(=O)N(c4nnc(C)s4)[C@@H]3c3cccc([N+](=O)[O-])c3)cc2)c1. The van der Waals surface area contributed by atoms with Gasteiger partial charge >= 0.3 is 5.91 Å². The van der Waals surface area contributed by atoms with Gasteiger partial charge in [-0.1, -0.05) is 53.3 Å². The lowest BCUT2D eigenvalue weighted by Gasteiger charge is -2.22. The molecule has 1 aromatic heterocycles. The third-order valence-corrected chi connectivity index (χ3v) is 7.02. The minimum Gasteiger partial charge on any atom is -0.507 e. The Bertz CT molecular complexity index is 1630. The summed E-state index contributed by atoms with van der Waals surface area (Å²) in [5.41, 5.74) is 2.25. The maximum Gasteiger partial charge on any atom is 0.301 e. The Morgan fingerprint density at radius 2 is 1.79 bits per heavy atom. The summed E-state index contributed by atoms with van der Waals surface area (Å²) in [6.45, 7) is 4.05. The van der Waals surface area contributed by atoms with Crippen molar-refractivity contribution in [3.63, 3.8) is 0 Å². The first-order valence-corrected chi connectivity index (χ1v) is 12.7. The molecule has 0 spiro atoms. The number of amides is 1. The molecule has 0 bridgehead atoms. The number of ketones is 1. The largest absolute Gasteiger partial charge is 0.507 e. The van der Waals surface area contributed by atoms with Crippen molar-refractivity contribution in [1.82, 2.24) is 10.2 Å². The molecule has 1 saturated heterocycles. The second kappa shape index (κ2) is 10.5. The number of Topliss-reactive ketones (excluding diaryl/α,β-unsaturated/α-hetero) is 1. The zero-order valence-electron chi connectivity index (χ0n) is 20.9. The summed E-state index contributed by atoms with van der Waals surface area (Å²) in [5, 5.41) is 31.4. The monoisotopic (exact) mass is 542 g/mol. The first-order chi connectivity index (χ1) is 18.7. The van der Waals surface area contributed by atoms with E-state index in [9.17, 15) is 24.8 Å². The molecule has 196 valence electrons. The fourth-order valence-electron chi connectivity index (χ4n) is 4.37. The number of nitrogens with zero attached hydrogens (tertiary/aromatic N) is 4. The molecule has 0 aliphatic carbocycles. The van der Waals surface area contributed by atoms with Gasteiger partial charge in [-0.25, -0.2) is 0 Å². The molecule has 39 heavy (non-hydrogen) atoms. The van der Waals surface area contributed by atoms with E-state index >= 15 is 0 Å². The highest BCUT2D eigenvalue weighted by Gasteiger charge is 2.48. The van der Waals surface area contributed by atoms with E-state index in [0.717, 1.165) is 27.4 Å². The van der Waals surface area contributed by atoms with Crippen LogP contribution in [-0.2, 0) is 16.2 Å². The van der Waals surface area contributed by atoms with Crippen LogP contribution in [0.25, 0.3) is 5.76 Å². The molecule has 3 aromatic carbocycles. The van der Waals surface area contributed by atoms with E-state index in [1.807, 2.05) is 31.2 Å². The highest BCUT2D eigenvalue weighted by atomic mass is 32.1. The van der Waals surface area contributed by atoms with Gasteiger partial charge in [-0.2, -0.15) is 0 Å². The highest BCUT2D eigenvalue weighted by Crippen LogP contribution is 2.43. The Morgan fingerprint density at radius 1 is 1.05 bits per heavy atom. The number of anilines is 1. The predicted octanol–water partition coefficient (Wildman–Crippen LogP) is 5.27. The van der Waals surface area contributed by atoms with Crippen molar-refractivity contribution in [2.24, 2.45) is 0 Å². The number of rotatable bonds is 7. The molecule has 1 fully saturated rings. The molecule has 1 aliphatic rings. The van der Waals surface area contributed by atoms with E-state index in [-0.39, 0.29) is 27.5 Å². The van der Waals surface area contributed by atoms with Crippen molar-refractivity contribution in [3.8, 4) is 5.75 Å². The summed E-state index contributed by atoms with van der Waals surface area (Å²) in [4.78, 5) is 38.4. The van der Waals surface area contributed by atoms with E-state index < -0.39 is 28.4 Å². The number of nitro benzene ring substituents is 1. The molecular formula is C28H22N4O6S. The molecular weight excluding hydrogens is 520 g/mol.